The summed E-state index contributed by atoms with van der Waals surface area (Å²) in [5.41, 5.74) is 1.19. The molecule has 24 heavy (non-hydrogen) atoms. The van der Waals surface area contributed by atoms with Gasteiger partial charge in [-0.3, -0.25) is 9.36 Å². The third-order valence-corrected chi connectivity index (χ3v) is 3.16. The topological polar surface area (TPSA) is 104 Å². The van der Waals surface area contributed by atoms with Crippen molar-refractivity contribution in [1.29, 1.82) is 10.8 Å². The van der Waals surface area contributed by atoms with Crippen LogP contribution in [0.2, 0.25) is 0 Å². The van der Waals surface area contributed by atoms with Gasteiger partial charge in [-0.2, -0.15) is 23.5 Å². The van der Waals surface area contributed by atoms with Crippen molar-refractivity contribution >= 4 is 5.69 Å². The fourth-order valence-corrected chi connectivity index (χ4v) is 2.02. The number of aromatic nitrogens is 2. The number of halogens is 4. The Kier molecular flexibility index (Phi) is 4.07. The normalized spacial score (nSPS) is 11.2. The standard InChI is InChI=1S/C13H7F4N5O2/c1-21-10(13(15,16)17)4-11(23)22(12(21)24)9-3-8(20-19)6(5-18)2-7(9)14/h2-4,19H,1H3. The molecule has 0 aliphatic heterocycles. The Balaban J connectivity index is 2.88. The van der Waals surface area contributed by atoms with E-state index in [1.165, 1.54) is 0 Å². The molecule has 0 saturated heterocycles. The Morgan fingerprint density at radius 1 is 1.25 bits per heavy atom. The molecule has 124 valence electrons. The van der Waals surface area contributed by atoms with Crippen molar-refractivity contribution in [2.45, 2.75) is 6.18 Å². The molecular formula is C13H7F4N5O2. The van der Waals surface area contributed by atoms with E-state index in [4.69, 9.17) is 10.8 Å². The maximum Gasteiger partial charge on any atom is 0.431 e. The van der Waals surface area contributed by atoms with E-state index in [-0.39, 0.29) is 26.5 Å². The van der Waals surface area contributed by atoms with Crippen molar-refractivity contribution in [1.82, 2.24) is 9.13 Å². The van der Waals surface area contributed by atoms with E-state index in [9.17, 15) is 27.2 Å². The summed E-state index contributed by atoms with van der Waals surface area (Å²) in [6.45, 7) is 0. The van der Waals surface area contributed by atoms with Crippen LogP contribution in [0.15, 0.2) is 32.9 Å². The first-order chi connectivity index (χ1) is 11.1. The Hall–Kier alpha value is -3.29. The van der Waals surface area contributed by atoms with E-state index in [1.807, 2.05) is 0 Å². The summed E-state index contributed by atoms with van der Waals surface area (Å²) in [5, 5.41) is 11.8. The molecule has 0 fully saturated rings. The second-order valence-corrected chi connectivity index (χ2v) is 4.59. The van der Waals surface area contributed by atoms with Gasteiger partial charge in [0, 0.05) is 13.1 Å². The van der Waals surface area contributed by atoms with Crippen LogP contribution in [0.3, 0.4) is 0 Å². The van der Waals surface area contributed by atoms with E-state index in [0.717, 1.165) is 13.1 Å². The maximum absolute atomic E-state index is 14.1. The van der Waals surface area contributed by atoms with Crippen molar-refractivity contribution < 1.29 is 17.6 Å². The summed E-state index contributed by atoms with van der Waals surface area (Å²) in [4.78, 5) is 24.0. The molecule has 0 unspecified atom stereocenters. The SMILES string of the molecule is Cn1c(C(F)(F)F)cc(=O)n(-c2cc(N=N)c(C#N)cc2F)c1=O. The zero-order valence-electron chi connectivity index (χ0n) is 11.8. The summed E-state index contributed by atoms with van der Waals surface area (Å²) < 4.78 is 52.7. The Bertz CT molecular complexity index is 998. The zero-order valence-corrected chi connectivity index (χ0v) is 11.8. The molecule has 0 atom stereocenters. The first-order valence-corrected chi connectivity index (χ1v) is 6.13. The lowest BCUT2D eigenvalue weighted by Gasteiger charge is -2.14. The van der Waals surface area contributed by atoms with Gasteiger partial charge in [-0.05, 0) is 12.1 Å². The number of nitriles is 1. The molecular weight excluding hydrogens is 334 g/mol. The summed E-state index contributed by atoms with van der Waals surface area (Å²) in [5.74, 6) is -1.20. The fraction of sp³-hybridized carbons (Fsp3) is 0.154. The van der Waals surface area contributed by atoms with E-state index in [0.29, 0.717) is 6.07 Å². The number of nitrogens with zero attached hydrogens (tertiary/aromatic N) is 4. The number of benzene rings is 1. The van der Waals surface area contributed by atoms with Gasteiger partial charge in [0.25, 0.3) is 5.56 Å². The molecule has 0 bridgehead atoms. The average Bonchev–Trinajstić information content (AvgIpc) is 2.50. The van der Waals surface area contributed by atoms with Crippen LogP contribution < -0.4 is 11.2 Å². The fourth-order valence-electron chi connectivity index (χ4n) is 2.02. The number of alkyl halides is 3. The lowest BCUT2D eigenvalue weighted by molar-refractivity contribution is -0.144. The highest BCUT2D eigenvalue weighted by molar-refractivity contribution is 5.58. The summed E-state index contributed by atoms with van der Waals surface area (Å²) >= 11 is 0. The van der Waals surface area contributed by atoms with E-state index >= 15 is 0 Å². The van der Waals surface area contributed by atoms with Crippen molar-refractivity contribution in [3.05, 3.63) is 56.1 Å². The molecule has 11 heteroatoms. The summed E-state index contributed by atoms with van der Waals surface area (Å²) in [7, 11) is 0.776. The quantitative estimate of drug-likeness (QED) is 0.669. The number of rotatable bonds is 2. The first kappa shape index (κ1) is 17.1. The van der Waals surface area contributed by atoms with Crippen LogP contribution in [0.4, 0.5) is 23.2 Å². The molecule has 0 aliphatic rings. The van der Waals surface area contributed by atoms with E-state index in [1.54, 1.807) is 6.07 Å². The average molecular weight is 341 g/mol. The van der Waals surface area contributed by atoms with Gasteiger partial charge < -0.3 is 0 Å². The lowest BCUT2D eigenvalue weighted by Crippen LogP contribution is -2.41. The van der Waals surface area contributed by atoms with Gasteiger partial charge in [0.05, 0.1) is 11.3 Å². The largest absolute Gasteiger partial charge is 0.431 e. The number of hydrogen-bond acceptors (Lipinski definition) is 5. The minimum Gasteiger partial charge on any atom is -0.292 e. The number of hydrogen-bond donors (Lipinski definition) is 1. The molecule has 0 radical (unpaired) electrons. The van der Waals surface area contributed by atoms with Crippen LogP contribution in [0.25, 0.3) is 5.69 Å². The molecule has 1 heterocycles. The van der Waals surface area contributed by atoms with Crippen LogP contribution in [-0.2, 0) is 13.2 Å². The highest BCUT2D eigenvalue weighted by atomic mass is 19.4. The molecule has 0 aliphatic carbocycles. The van der Waals surface area contributed by atoms with Gasteiger partial charge in [-0.1, -0.05) is 0 Å². The zero-order chi connectivity index (χ0) is 18.2. The van der Waals surface area contributed by atoms with Gasteiger partial charge in [-0.15, -0.1) is 0 Å². The van der Waals surface area contributed by atoms with Gasteiger partial charge in [0.1, 0.15) is 23.3 Å². The van der Waals surface area contributed by atoms with Crippen molar-refractivity contribution in [2.75, 3.05) is 0 Å². The van der Waals surface area contributed by atoms with Crippen LogP contribution >= 0.6 is 0 Å². The Labute approximate surface area is 130 Å². The minimum atomic E-state index is -4.95. The van der Waals surface area contributed by atoms with Gasteiger partial charge in [0.15, 0.2) is 0 Å². The van der Waals surface area contributed by atoms with Crippen LogP contribution in [0.1, 0.15) is 11.3 Å². The van der Waals surface area contributed by atoms with Gasteiger partial charge >= 0.3 is 11.9 Å². The van der Waals surface area contributed by atoms with Crippen molar-refractivity contribution in [2.24, 2.45) is 12.2 Å². The van der Waals surface area contributed by atoms with Crippen LogP contribution in [0.5, 0.6) is 0 Å². The van der Waals surface area contributed by atoms with Crippen molar-refractivity contribution in [3.63, 3.8) is 0 Å². The first-order valence-electron chi connectivity index (χ1n) is 6.13. The number of nitrogens with one attached hydrogen (secondary N) is 1. The molecule has 0 spiro atoms. The van der Waals surface area contributed by atoms with E-state index in [2.05, 4.69) is 5.11 Å². The second-order valence-electron chi connectivity index (χ2n) is 4.59. The maximum atomic E-state index is 14.1. The molecule has 2 rings (SSSR count). The summed E-state index contributed by atoms with van der Waals surface area (Å²) in [6.07, 6.45) is -4.95. The third kappa shape index (κ3) is 2.69. The highest BCUT2D eigenvalue weighted by Gasteiger charge is 2.35. The van der Waals surface area contributed by atoms with Gasteiger partial charge in [-0.25, -0.2) is 19.3 Å². The monoisotopic (exact) mass is 341 g/mol. The smallest absolute Gasteiger partial charge is 0.292 e. The third-order valence-electron chi connectivity index (χ3n) is 3.16. The summed E-state index contributed by atoms with van der Waals surface area (Å²) in [6, 6.07) is 3.10. The highest BCUT2D eigenvalue weighted by Crippen LogP contribution is 2.28. The molecule has 1 aromatic heterocycles. The minimum absolute atomic E-state index is 0.149. The molecule has 0 saturated carbocycles. The second kappa shape index (κ2) is 5.73. The predicted molar refractivity (Wildman–Crippen MR) is 71.8 cm³/mol. The van der Waals surface area contributed by atoms with Crippen molar-refractivity contribution in [3.8, 4) is 11.8 Å². The molecule has 7 nitrogen and oxygen atoms in total. The molecule has 0 amide bonds. The predicted octanol–water partition coefficient (Wildman–Crippen LogP) is 2.23. The Morgan fingerprint density at radius 2 is 1.88 bits per heavy atom. The van der Waals surface area contributed by atoms with Crippen LogP contribution in [-0.4, -0.2) is 9.13 Å². The molecule has 1 aromatic carbocycles. The van der Waals surface area contributed by atoms with Crippen LogP contribution in [0, 0.1) is 22.7 Å². The molecule has 2 aromatic rings. The molecule has 1 N–H and O–H groups in total. The van der Waals surface area contributed by atoms with E-state index < -0.39 is 34.6 Å². The lowest BCUT2D eigenvalue weighted by atomic mass is 10.1. The Morgan fingerprint density at radius 3 is 2.38 bits per heavy atom. The van der Waals surface area contributed by atoms with Gasteiger partial charge in [0.2, 0.25) is 0 Å².